The summed E-state index contributed by atoms with van der Waals surface area (Å²) >= 11 is 0. The summed E-state index contributed by atoms with van der Waals surface area (Å²) in [4.78, 5) is 24.9. The van der Waals surface area contributed by atoms with Crippen molar-refractivity contribution in [1.82, 2.24) is 0 Å². The maximum Gasteiger partial charge on any atom is 0.347 e. The molecule has 0 spiro atoms. The van der Waals surface area contributed by atoms with Crippen molar-refractivity contribution in [2.45, 2.75) is 85.5 Å². The fourth-order valence-corrected chi connectivity index (χ4v) is 2.26. The topological polar surface area (TPSA) is 61.8 Å². The second kappa shape index (κ2) is 13.5. The zero-order chi connectivity index (χ0) is 18.4. The molecular weight excluding hydrogens is 308 g/mol. The van der Waals surface area contributed by atoms with Gasteiger partial charge in [0.05, 0.1) is 25.7 Å². The highest BCUT2D eigenvalue weighted by Gasteiger charge is 2.47. The highest BCUT2D eigenvalue weighted by Crippen LogP contribution is 2.25. The molecule has 0 aromatic carbocycles. The molecule has 0 saturated heterocycles. The van der Waals surface area contributed by atoms with Gasteiger partial charge >= 0.3 is 5.97 Å². The number of ether oxygens (including phenoxy) is 3. The van der Waals surface area contributed by atoms with Crippen LogP contribution < -0.4 is 0 Å². The second-order valence-electron chi connectivity index (χ2n) is 6.10. The molecule has 142 valence electrons. The lowest BCUT2D eigenvalue weighted by Crippen LogP contribution is -2.52. The summed E-state index contributed by atoms with van der Waals surface area (Å²) in [5, 5.41) is 0. The summed E-state index contributed by atoms with van der Waals surface area (Å²) in [6.45, 7) is 10.5. The Morgan fingerprint density at radius 2 is 1.17 bits per heavy atom. The van der Waals surface area contributed by atoms with Gasteiger partial charge in [0.2, 0.25) is 5.78 Å². The first-order valence-electron chi connectivity index (χ1n) is 9.45. The van der Waals surface area contributed by atoms with Crippen LogP contribution in [0.25, 0.3) is 0 Å². The number of hydrogen-bond donors (Lipinski definition) is 0. The number of ketones is 2. The Morgan fingerprint density at radius 3 is 1.42 bits per heavy atom. The Kier molecular flexibility index (Phi) is 13.1. The molecule has 5 nitrogen and oxygen atoms in total. The van der Waals surface area contributed by atoms with E-state index in [1.165, 1.54) is 6.92 Å². The van der Waals surface area contributed by atoms with Gasteiger partial charge in [0, 0.05) is 0 Å². The van der Waals surface area contributed by atoms with Gasteiger partial charge < -0.3 is 14.2 Å². The van der Waals surface area contributed by atoms with Gasteiger partial charge in [0.25, 0.3) is 0 Å². The van der Waals surface area contributed by atoms with E-state index < -0.39 is 17.7 Å². The van der Waals surface area contributed by atoms with Crippen LogP contribution in [0.2, 0.25) is 0 Å². The third-order valence-corrected chi connectivity index (χ3v) is 3.89. The standard InChI is InChI=1S/C19H36O5/c1-6-10-13-22-19(23-14-11-7-2,24-15-12-8-3)18(21)17(9-4)16(5)20/h17H,6-15H2,1-5H3. The van der Waals surface area contributed by atoms with Crippen LogP contribution >= 0.6 is 0 Å². The molecule has 5 heteroatoms. The van der Waals surface area contributed by atoms with E-state index in [1.54, 1.807) is 0 Å². The van der Waals surface area contributed by atoms with E-state index in [4.69, 9.17) is 14.2 Å². The molecule has 0 saturated carbocycles. The lowest BCUT2D eigenvalue weighted by molar-refractivity contribution is -0.355. The van der Waals surface area contributed by atoms with Crippen LogP contribution in [0.4, 0.5) is 0 Å². The molecule has 0 N–H and O–H groups in total. The molecule has 0 heterocycles. The molecule has 0 aliphatic rings. The van der Waals surface area contributed by atoms with E-state index in [1.807, 2.05) is 27.7 Å². The summed E-state index contributed by atoms with van der Waals surface area (Å²) in [6.07, 6.45) is 5.66. The lowest BCUT2D eigenvalue weighted by atomic mass is 9.95. The van der Waals surface area contributed by atoms with Crippen LogP contribution in [0, 0.1) is 5.92 Å². The molecular formula is C19H36O5. The lowest BCUT2D eigenvalue weighted by Gasteiger charge is -2.33. The van der Waals surface area contributed by atoms with Gasteiger partial charge in [-0.15, -0.1) is 0 Å². The van der Waals surface area contributed by atoms with E-state index in [0.29, 0.717) is 26.2 Å². The van der Waals surface area contributed by atoms with Crippen LogP contribution in [-0.2, 0) is 23.8 Å². The van der Waals surface area contributed by atoms with Crippen molar-refractivity contribution in [3.8, 4) is 0 Å². The van der Waals surface area contributed by atoms with Gasteiger partial charge in [-0.3, -0.25) is 9.59 Å². The van der Waals surface area contributed by atoms with Crippen LogP contribution in [0.15, 0.2) is 0 Å². The first-order chi connectivity index (χ1) is 11.5. The van der Waals surface area contributed by atoms with Gasteiger partial charge in [-0.05, 0) is 32.6 Å². The number of Topliss-reactive ketones (excluding diaryl/α,β-unsaturated/α-hetero) is 2. The van der Waals surface area contributed by atoms with Crippen LogP contribution in [0.5, 0.6) is 0 Å². The minimum absolute atomic E-state index is 0.177. The number of carbonyl (C=O) groups excluding carboxylic acids is 2. The van der Waals surface area contributed by atoms with E-state index in [-0.39, 0.29) is 5.78 Å². The zero-order valence-electron chi connectivity index (χ0n) is 16.2. The van der Waals surface area contributed by atoms with Gasteiger partial charge in [0.1, 0.15) is 5.78 Å². The summed E-state index contributed by atoms with van der Waals surface area (Å²) in [5.74, 6) is -3.08. The zero-order valence-corrected chi connectivity index (χ0v) is 16.2. The predicted octanol–water partition coefficient (Wildman–Crippen LogP) is 4.27. The average molecular weight is 344 g/mol. The summed E-state index contributed by atoms with van der Waals surface area (Å²) in [6, 6.07) is 0. The Balaban J connectivity index is 5.37. The molecule has 0 aromatic rings. The molecule has 0 bridgehead atoms. The maximum atomic E-state index is 13.0. The SMILES string of the molecule is CCCCOC(OCCCC)(OCCCC)C(=O)C(CC)C(C)=O. The van der Waals surface area contributed by atoms with Crippen molar-refractivity contribution in [3.63, 3.8) is 0 Å². The van der Waals surface area contributed by atoms with Gasteiger partial charge in [-0.25, -0.2) is 0 Å². The average Bonchev–Trinajstić information content (AvgIpc) is 2.55. The number of rotatable bonds is 16. The molecule has 0 aliphatic heterocycles. The normalized spacial score (nSPS) is 13.0. The monoisotopic (exact) mass is 344 g/mol. The fourth-order valence-electron chi connectivity index (χ4n) is 2.26. The Labute approximate surface area is 147 Å². The first-order valence-corrected chi connectivity index (χ1v) is 9.45. The van der Waals surface area contributed by atoms with Gasteiger partial charge in [-0.1, -0.05) is 47.0 Å². The predicted molar refractivity (Wildman–Crippen MR) is 94.8 cm³/mol. The molecule has 0 radical (unpaired) electrons. The van der Waals surface area contributed by atoms with Crippen LogP contribution in [-0.4, -0.2) is 37.4 Å². The Bertz CT molecular complexity index is 327. The molecule has 1 unspecified atom stereocenters. The van der Waals surface area contributed by atoms with Crippen molar-refractivity contribution in [3.05, 3.63) is 0 Å². The highest BCUT2D eigenvalue weighted by molar-refractivity contribution is 6.04. The Morgan fingerprint density at radius 1 is 0.792 bits per heavy atom. The molecule has 0 aromatic heterocycles. The van der Waals surface area contributed by atoms with E-state index in [9.17, 15) is 9.59 Å². The quantitative estimate of drug-likeness (QED) is 0.238. The largest absolute Gasteiger partial charge is 0.347 e. The summed E-state index contributed by atoms with van der Waals surface area (Å²) in [7, 11) is 0. The van der Waals surface area contributed by atoms with Crippen LogP contribution in [0.3, 0.4) is 0 Å². The van der Waals surface area contributed by atoms with Gasteiger partial charge in [0.15, 0.2) is 0 Å². The molecule has 0 aliphatic carbocycles. The van der Waals surface area contributed by atoms with Crippen molar-refractivity contribution in [2.75, 3.05) is 19.8 Å². The van der Waals surface area contributed by atoms with E-state index >= 15 is 0 Å². The number of hydrogen-bond acceptors (Lipinski definition) is 5. The molecule has 0 rings (SSSR count). The van der Waals surface area contributed by atoms with Crippen LogP contribution in [0.1, 0.15) is 79.6 Å². The second-order valence-corrected chi connectivity index (χ2v) is 6.10. The highest BCUT2D eigenvalue weighted by atomic mass is 16.9. The first kappa shape index (κ1) is 23.2. The minimum Gasteiger partial charge on any atom is -0.321 e. The molecule has 0 amide bonds. The van der Waals surface area contributed by atoms with Crippen molar-refractivity contribution in [1.29, 1.82) is 0 Å². The van der Waals surface area contributed by atoms with Crippen molar-refractivity contribution >= 4 is 11.6 Å². The van der Waals surface area contributed by atoms with Gasteiger partial charge in [-0.2, -0.15) is 0 Å². The number of unbranched alkanes of at least 4 members (excludes halogenated alkanes) is 3. The van der Waals surface area contributed by atoms with E-state index in [0.717, 1.165) is 38.5 Å². The third-order valence-electron chi connectivity index (χ3n) is 3.89. The van der Waals surface area contributed by atoms with E-state index in [2.05, 4.69) is 0 Å². The van der Waals surface area contributed by atoms with Crippen molar-refractivity contribution < 1.29 is 23.8 Å². The molecule has 0 fully saturated rings. The third kappa shape index (κ3) is 7.86. The Hall–Kier alpha value is -0.780. The fraction of sp³-hybridized carbons (Fsp3) is 0.895. The smallest absolute Gasteiger partial charge is 0.321 e. The van der Waals surface area contributed by atoms with Crippen molar-refractivity contribution in [2.24, 2.45) is 5.92 Å². The summed E-state index contributed by atoms with van der Waals surface area (Å²) < 4.78 is 17.4. The minimum atomic E-state index is -1.74. The summed E-state index contributed by atoms with van der Waals surface area (Å²) in [5.41, 5.74) is 0. The molecule has 1 atom stereocenters. The number of carbonyl (C=O) groups is 2. The maximum absolute atomic E-state index is 13.0. The molecule has 24 heavy (non-hydrogen) atoms.